The minimum atomic E-state index is -0.417. The first-order valence-corrected chi connectivity index (χ1v) is 7.44. The van der Waals surface area contributed by atoms with Crippen LogP contribution < -0.4 is 11.1 Å². The largest absolute Gasteiger partial charge is 0.370 e. The molecule has 0 atom stereocenters. The second kappa shape index (κ2) is 9.62. The minimum absolute atomic E-state index is 0. The molecule has 0 saturated heterocycles. The van der Waals surface area contributed by atoms with E-state index in [-0.39, 0.29) is 30.5 Å². The topological polar surface area (TPSA) is 74.2 Å². The summed E-state index contributed by atoms with van der Waals surface area (Å²) in [6, 6.07) is 6.67. The molecular weight excluding hydrogens is 394 g/mol. The second-order valence-electron chi connectivity index (χ2n) is 5.45. The lowest BCUT2D eigenvalue weighted by Gasteiger charge is -2.16. The van der Waals surface area contributed by atoms with Gasteiger partial charge in [0.2, 0.25) is 0 Å². The average Bonchev–Trinajstić information content (AvgIpc) is 2.74. The third kappa shape index (κ3) is 5.79. The molecule has 4 nitrogen and oxygen atoms in total. The molecule has 1 aliphatic carbocycles. The van der Waals surface area contributed by atoms with Crippen LogP contribution in [0, 0.1) is 17.1 Å². The van der Waals surface area contributed by atoms with Crippen molar-refractivity contribution in [3.8, 4) is 6.07 Å². The van der Waals surface area contributed by atoms with E-state index in [0.717, 1.165) is 12.8 Å². The van der Waals surface area contributed by atoms with Gasteiger partial charge in [-0.3, -0.25) is 0 Å². The summed E-state index contributed by atoms with van der Waals surface area (Å²) in [5, 5.41) is 11.9. The molecule has 0 heterocycles. The average molecular weight is 416 g/mol. The Morgan fingerprint density at radius 3 is 2.59 bits per heavy atom. The van der Waals surface area contributed by atoms with Crippen molar-refractivity contribution in [3.05, 3.63) is 35.1 Å². The predicted molar refractivity (Wildman–Crippen MR) is 96.5 cm³/mol. The zero-order chi connectivity index (χ0) is 15.1. The predicted octanol–water partition coefficient (Wildman–Crippen LogP) is 3.44. The number of aliphatic imine (C=N–C) groups is 1. The van der Waals surface area contributed by atoms with Crippen molar-refractivity contribution >= 4 is 29.9 Å². The maximum absolute atomic E-state index is 13.7. The van der Waals surface area contributed by atoms with Crippen LogP contribution in [0.25, 0.3) is 0 Å². The fourth-order valence-corrected chi connectivity index (χ4v) is 2.59. The molecule has 0 radical (unpaired) electrons. The molecule has 1 aromatic rings. The van der Waals surface area contributed by atoms with Crippen molar-refractivity contribution < 1.29 is 4.39 Å². The fourth-order valence-electron chi connectivity index (χ4n) is 2.59. The summed E-state index contributed by atoms with van der Waals surface area (Å²) in [6.07, 6.45) is 7.23. The SMILES string of the molecule is I.N#Cc1ccc(CN=C(N)NC2CCCCCC2)c(F)c1. The van der Waals surface area contributed by atoms with E-state index in [1.807, 2.05) is 6.07 Å². The van der Waals surface area contributed by atoms with Gasteiger partial charge in [-0.15, -0.1) is 24.0 Å². The van der Waals surface area contributed by atoms with E-state index in [1.165, 1.54) is 31.7 Å². The van der Waals surface area contributed by atoms with Gasteiger partial charge in [0.05, 0.1) is 18.2 Å². The van der Waals surface area contributed by atoms with E-state index in [9.17, 15) is 4.39 Å². The van der Waals surface area contributed by atoms with Crippen LogP contribution >= 0.6 is 24.0 Å². The number of nitrogens with one attached hydrogen (secondary N) is 1. The summed E-state index contributed by atoms with van der Waals surface area (Å²) in [4.78, 5) is 4.20. The summed E-state index contributed by atoms with van der Waals surface area (Å²) in [7, 11) is 0. The standard InChI is InChI=1S/C16H21FN4.HI/c17-15-9-12(10-18)7-8-13(15)11-20-16(19)21-14-5-3-1-2-4-6-14;/h7-9,14H,1-6,11H2,(H3,19,20,21);1H. The van der Waals surface area contributed by atoms with E-state index in [4.69, 9.17) is 11.0 Å². The van der Waals surface area contributed by atoms with Crippen LogP contribution in [0.15, 0.2) is 23.2 Å². The molecule has 1 fully saturated rings. The first-order chi connectivity index (χ1) is 10.2. The van der Waals surface area contributed by atoms with Gasteiger partial charge in [0.1, 0.15) is 5.82 Å². The van der Waals surface area contributed by atoms with Gasteiger partial charge in [-0.2, -0.15) is 5.26 Å². The monoisotopic (exact) mass is 416 g/mol. The third-order valence-electron chi connectivity index (χ3n) is 3.81. The molecule has 0 unspecified atom stereocenters. The summed E-state index contributed by atoms with van der Waals surface area (Å²) < 4.78 is 13.7. The number of halogens is 2. The third-order valence-corrected chi connectivity index (χ3v) is 3.81. The molecule has 6 heteroatoms. The summed E-state index contributed by atoms with van der Waals surface area (Å²) in [5.74, 6) is -0.0503. The highest BCUT2D eigenvalue weighted by Gasteiger charge is 2.12. The lowest BCUT2D eigenvalue weighted by Crippen LogP contribution is -2.39. The quantitative estimate of drug-likeness (QED) is 0.343. The number of hydrogen-bond acceptors (Lipinski definition) is 2. The van der Waals surface area contributed by atoms with Crippen LogP contribution in [0.2, 0.25) is 0 Å². The van der Waals surface area contributed by atoms with Crippen molar-refractivity contribution in [1.82, 2.24) is 5.32 Å². The van der Waals surface area contributed by atoms with E-state index in [0.29, 0.717) is 23.1 Å². The second-order valence-corrected chi connectivity index (χ2v) is 5.45. The van der Waals surface area contributed by atoms with Crippen LogP contribution in [-0.2, 0) is 6.54 Å². The highest BCUT2D eigenvalue weighted by molar-refractivity contribution is 14.0. The number of nitriles is 1. The first-order valence-electron chi connectivity index (χ1n) is 7.44. The molecular formula is C16H22FIN4. The Morgan fingerprint density at radius 2 is 2.00 bits per heavy atom. The van der Waals surface area contributed by atoms with E-state index < -0.39 is 5.82 Å². The number of nitrogens with zero attached hydrogens (tertiary/aromatic N) is 2. The number of rotatable bonds is 3. The molecule has 0 aliphatic heterocycles. The Labute approximate surface area is 148 Å². The van der Waals surface area contributed by atoms with Crippen molar-refractivity contribution in [2.75, 3.05) is 0 Å². The molecule has 3 N–H and O–H groups in total. The van der Waals surface area contributed by atoms with Crippen LogP contribution in [0.1, 0.15) is 49.7 Å². The van der Waals surface area contributed by atoms with Gasteiger partial charge in [-0.25, -0.2) is 9.38 Å². The lowest BCUT2D eigenvalue weighted by atomic mass is 10.1. The van der Waals surface area contributed by atoms with Crippen molar-refractivity contribution in [3.63, 3.8) is 0 Å². The fraction of sp³-hybridized carbons (Fsp3) is 0.500. The van der Waals surface area contributed by atoms with Crippen LogP contribution in [-0.4, -0.2) is 12.0 Å². The van der Waals surface area contributed by atoms with Gasteiger partial charge in [0, 0.05) is 11.6 Å². The Kier molecular flexibility index (Phi) is 8.17. The Bertz CT molecular complexity index is 546. The maximum atomic E-state index is 13.7. The van der Waals surface area contributed by atoms with E-state index in [1.54, 1.807) is 12.1 Å². The van der Waals surface area contributed by atoms with Gasteiger partial charge in [-0.1, -0.05) is 31.7 Å². The molecule has 120 valence electrons. The van der Waals surface area contributed by atoms with Crippen LogP contribution in [0.3, 0.4) is 0 Å². The van der Waals surface area contributed by atoms with Gasteiger partial charge in [0.25, 0.3) is 0 Å². The zero-order valence-corrected chi connectivity index (χ0v) is 14.8. The molecule has 0 bridgehead atoms. The Morgan fingerprint density at radius 1 is 1.32 bits per heavy atom. The number of nitrogens with two attached hydrogens (primary N) is 1. The molecule has 0 amide bonds. The Balaban J connectivity index is 0.00000242. The van der Waals surface area contributed by atoms with Crippen molar-refractivity contribution in [1.29, 1.82) is 5.26 Å². The maximum Gasteiger partial charge on any atom is 0.189 e. The highest BCUT2D eigenvalue weighted by Crippen LogP contribution is 2.17. The summed E-state index contributed by atoms with van der Waals surface area (Å²) in [5.41, 5.74) is 6.63. The van der Waals surface area contributed by atoms with Gasteiger partial charge >= 0.3 is 0 Å². The molecule has 1 aliphatic rings. The smallest absolute Gasteiger partial charge is 0.189 e. The van der Waals surface area contributed by atoms with Crippen molar-refractivity contribution in [2.45, 2.75) is 51.1 Å². The first kappa shape index (κ1) is 18.7. The van der Waals surface area contributed by atoms with Gasteiger partial charge < -0.3 is 11.1 Å². The zero-order valence-electron chi connectivity index (χ0n) is 12.5. The molecule has 0 aromatic heterocycles. The number of benzene rings is 1. The van der Waals surface area contributed by atoms with Gasteiger partial charge in [-0.05, 0) is 25.0 Å². The van der Waals surface area contributed by atoms with Crippen LogP contribution in [0.5, 0.6) is 0 Å². The van der Waals surface area contributed by atoms with E-state index >= 15 is 0 Å². The normalized spacial score (nSPS) is 16.3. The minimum Gasteiger partial charge on any atom is -0.370 e. The number of hydrogen-bond donors (Lipinski definition) is 2. The molecule has 22 heavy (non-hydrogen) atoms. The van der Waals surface area contributed by atoms with Gasteiger partial charge in [0.15, 0.2) is 5.96 Å². The molecule has 2 rings (SSSR count). The van der Waals surface area contributed by atoms with E-state index in [2.05, 4.69) is 10.3 Å². The Hall–Kier alpha value is -1.36. The molecule has 1 saturated carbocycles. The number of guanidine groups is 1. The highest BCUT2D eigenvalue weighted by atomic mass is 127. The molecule has 1 aromatic carbocycles. The summed E-state index contributed by atoms with van der Waals surface area (Å²) >= 11 is 0. The van der Waals surface area contributed by atoms with Crippen LogP contribution in [0.4, 0.5) is 4.39 Å². The molecule has 0 spiro atoms. The summed E-state index contributed by atoms with van der Waals surface area (Å²) in [6.45, 7) is 0.184. The van der Waals surface area contributed by atoms with Crippen molar-refractivity contribution in [2.24, 2.45) is 10.7 Å². The lowest BCUT2D eigenvalue weighted by molar-refractivity contribution is 0.530.